The zero-order valence-electron chi connectivity index (χ0n) is 24.2. The number of nitrogens with one attached hydrogen (secondary N) is 2. The molecule has 3 atom stereocenters. The molecule has 2 aliphatic rings. The molecule has 2 N–H and O–H groups in total. The molecule has 0 spiro atoms. The van der Waals surface area contributed by atoms with Gasteiger partial charge in [0.15, 0.2) is 5.78 Å². The number of amides is 4. The molecule has 3 aromatic rings. The molecule has 3 heterocycles. The van der Waals surface area contributed by atoms with Gasteiger partial charge in [-0.15, -0.1) is 0 Å². The van der Waals surface area contributed by atoms with E-state index in [0.29, 0.717) is 41.5 Å². The first-order chi connectivity index (χ1) is 20.9. The maximum Gasteiger partial charge on any atom is 0.251 e. The van der Waals surface area contributed by atoms with Crippen LogP contribution in [0.1, 0.15) is 53.0 Å². The van der Waals surface area contributed by atoms with Gasteiger partial charge in [-0.2, -0.15) is 0 Å². The van der Waals surface area contributed by atoms with Gasteiger partial charge >= 0.3 is 0 Å². The molecular formula is C31H32ClF2N5O5. The molecule has 4 amide bonds. The average molecular weight is 628 g/mol. The molecule has 1 unspecified atom stereocenters. The molecule has 0 radical (unpaired) electrons. The third-order valence-electron chi connectivity index (χ3n) is 8.16. The summed E-state index contributed by atoms with van der Waals surface area (Å²) in [5, 5.41) is 5.94. The highest BCUT2D eigenvalue weighted by atomic mass is 35.5. The highest BCUT2D eigenvalue weighted by Gasteiger charge is 2.40. The van der Waals surface area contributed by atoms with E-state index in [9.17, 15) is 32.8 Å². The third-order valence-corrected chi connectivity index (χ3v) is 8.45. The summed E-state index contributed by atoms with van der Waals surface area (Å²) in [4.78, 5) is 66.4. The number of aromatic nitrogens is 1. The standard InChI is InChI=1S/C31H32ClF2N5O5/c1-17(40)24-15-38(26-10-19(6-7-23(24)26)30(43)36-22-8-9-37(14-22)18(2)41)16-28(42)39-13-21(33)11-27(39)31(44)35-12-20-4-3-5-25(32)29(20)34/h3-7,10,15,21-22,27H,8-9,11-14,16H2,1-2H3,(H,35,44)(H,36,43)/t21-,22?,27+/m1/s1. The first-order valence-corrected chi connectivity index (χ1v) is 14.6. The Hall–Kier alpha value is -4.32. The van der Waals surface area contributed by atoms with Crippen LogP contribution in [0.5, 0.6) is 0 Å². The zero-order chi connectivity index (χ0) is 31.7. The van der Waals surface area contributed by atoms with Crippen LogP contribution in [0.4, 0.5) is 8.78 Å². The SMILES string of the molecule is CC(=O)c1cn(CC(=O)N2C[C@H](F)C[C@H]2C(=O)NCc2cccc(Cl)c2F)c2cc(C(=O)NC3CCN(C(C)=O)C3)ccc12. The predicted molar refractivity (Wildman–Crippen MR) is 158 cm³/mol. The van der Waals surface area contributed by atoms with Crippen molar-refractivity contribution in [2.45, 2.75) is 58.0 Å². The fourth-order valence-electron chi connectivity index (χ4n) is 5.81. The molecule has 2 saturated heterocycles. The fourth-order valence-corrected chi connectivity index (χ4v) is 6.00. The minimum atomic E-state index is -1.43. The molecule has 0 bridgehead atoms. The van der Waals surface area contributed by atoms with E-state index in [2.05, 4.69) is 10.6 Å². The molecule has 2 aliphatic heterocycles. The van der Waals surface area contributed by atoms with Crippen molar-refractivity contribution in [3.05, 3.63) is 70.1 Å². The van der Waals surface area contributed by atoms with E-state index in [0.717, 1.165) is 4.90 Å². The minimum absolute atomic E-state index is 0.0609. The van der Waals surface area contributed by atoms with Crippen molar-refractivity contribution in [2.24, 2.45) is 0 Å². The number of nitrogens with zero attached hydrogens (tertiary/aromatic N) is 3. The van der Waals surface area contributed by atoms with Crippen LogP contribution in [0, 0.1) is 5.82 Å². The highest BCUT2D eigenvalue weighted by molar-refractivity contribution is 6.30. The number of carbonyl (C=O) groups is 5. The van der Waals surface area contributed by atoms with Crippen molar-refractivity contribution >= 4 is 51.9 Å². The van der Waals surface area contributed by atoms with Gasteiger partial charge in [-0.25, -0.2) is 8.78 Å². The number of ketones is 1. The Kier molecular flexibility index (Phi) is 9.00. The van der Waals surface area contributed by atoms with Crippen molar-refractivity contribution in [3.8, 4) is 0 Å². The maximum atomic E-state index is 14.5. The van der Waals surface area contributed by atoms with Crippen LogP contribution in [0.2, 0.25) is 5.02 Å². The van der Waals surface area contributed by atoms with Crippen LogP contribution < -0.4 is 10.6 Å². The summed E-state index contributed by atoms with van der Waals surface area (Å²) < 4.78 is 30.3. The van der Waals surface area contributed by atoms with Crippen LogP contribution in [0.25, 0.3) is 10.9 Å². The van der Waals surface area contributed by atoms with Gasteiger partial charge in [0.05, 0.1) is 17.1 Å². The van der Waals surface area contributed by atoms with Crippen molar-refractivity contribution in [2.75, 3.05) is 19.6 Å². The Morgan fingerprint density at radius 1 is 1.07 bits per heavy atom. The van der Waals surface area contributed by atoms with Crippen molar-refractivity contribution in [1.82, 2.24) is 25.0 Å². The number of benzene rings is 2. The van der Waals surface area contributed by atoms with E-state index in [1.807, 2.05) is 0 Å². The lowest BCUT2D eigenvalue weighted by Gasteiger charge is -2.24. The lowest BCUT2D eigenvalue weighted by Crippen LogP contribution is -2.46. The molecule has 13 heteroatoms. The first-order valence-electron chi connectivity index (χ1n) is 14.3. The van der Waals surface area contributed by atoms with Gasteiger partial charge in [-0.1, -0.05) is 29.8 Å². The summed E-state index contributed by atoms with van der Waals surface area (Å²) in [6.45, 7) is 3.03. The molecule has 0 saturated carbocycles. The molecule has 44 heavy (non-hydrogen) atoms. The van der Waals surface area contributed by atoms with E-state index in [-0.39, 0.29) is 60.3 Å². The first kappa shape index (κ1) is 31.1. The lowest BCUT2D eigenvalue weighted by molar-refractivity contribution is -0.139. The Morgan fingerprint density at radius 2 is 1.84 bits per heavy atom. The van der Waals surface area contributed by atoms with Gasteiger partial charge in [0.1, 0.15) is 24.6 Å². The summed E-state index contributed by atoms with van der Waals surface area (Å²) in [5.74, 6) is -2.53. The second-order valence-electron chi connectivity index (χ2n) is 11.2. The maximum absolute atomic E-state index is 14.5. The second kappa shape index (κ2) is 12.7. The highest BCUT2D eigenvalue weighted by Crippen LogP contribution is 2.26. The summed E-state index contributed by atoms with van der Waals surface area (Å²) in [6, 6.07) is 7.86. The van der Waals surface area contributed by atoms with Gasteiger partial charge in [-0.05, 0) is 31.5 Å². The van der Waals surface area contributed by atoms with Gasteiger partial charge in [-0.3, -0.25) is 24.0 Å². The molecular weight excluding hydrogens is 596 g/mol. The summed E-state index contributed by atoms with van der Waals surface area (Å²) >= 11 is 5.81. The summed E-state index contributed by atoms with van der Waals surface area (Å²) in [6.07, 6.45) is 0.486. The van der Waals surface area contributed by atoms with Gasteiger partial charge in [0.2, 0.25) is 17.7 Å². The lowest BCUT2D eigenvalue weighted by atomic mass is 10.1. The normalized spacial score (nSPS) is 19.8. The quantitative estimate of drug-likeness (QED) is 0.372. The van der Waals surface area contributed by atoms with Crippen molar-refractivity contribution < 1.29 is 32.8 Å². The van der Waals surface area contributed by atoms with Crippen LogP contribution in [0.3, 0.4) is 0 Å². The number of hydrogen-bond acceptors (Lipinski definition) is 5. The molecule has 2 aromatic carbocycles. The monoisotopic (exact) mass is 627 g/mol. The Bertz CT molecular complexity index is 1660. The molecule has 232 valence electrons. The number of carbonyl (C=O) groups excluding carboxylic acids is 5. The van der Waals surface area contributed by atoms with E-state index in [1.165, 1.54) is 36.7 Å². The number of fused-ring (bicyclic) bond motifs is 1. The minimum Gasteiger partial charge on any atom is -0.350 e. The topological polar surface area (TPSA) is 121 Å². The number of hydrogen-bond donors (Lipinski definition) is 2. The molecule has 2 fully saturated rings. The van der Waals surface area contributed by atoms with E-state index in [1.54, 1.807) is 29.2 Å². The van der Waals surface area contributed by atoms with Crippen LogP contribution in [-0.2, 0) is 27.5 Å². The summed E-state index contributed by atoms with van der Waals surface area (Å²) in [7, 11) is 0. The van der Waals surface area contributed by atoms with Crippen LogP contribution in [-0.4, -0.2) is 81.7 Å². The molecule has 5 rings (SSSR count). The van der Waals surface area contributed by atoms with E-state index in [4.69, 9.17) is 11.6 Å². The van der Waals surface area contributed by atoms with Crippen LogP contribution in [0.15, 0.2) is 42.6 Å². The average Bonchev–Trinajstić information content (AvgIpc) is 3.71. The van der Waals surface area contributed by atoms with Gasteiger partial charge < -0.3 is 25.0 Å². The number of likely N-dealkylation sites (tertiary alicyclic amines) is 2. The van der Waals surface area contributed by atoms with Crippen LogP contribution >= 0.6 is 11.6 Å². The Balaban J connectivity index is 1.33. The predicted octanol–water partition coefficient (Wildman–Crippen LogP) is 3.24. The number of alkyl halides is 1. The van der Waals surface area contributed by atoms with Gasteiger partial charge in [0.25, 0.3) is 5.91 Å². The third kappa shape index (κ3) is 6.45. The smallest absolute Gasteiger partial charge is 0.251 e. The van der Waals surface area contributed by atoms with Crippen molar-refractivity contribution in [3.63, 3.8) is 0 Å². The fraction of sp³-hybridized carbons (Fsp3) is 0.387. The summed E-state index contributed by atoms with van der Waals surface area (Å²) in [5.41, 5.74) is 1.24. The van der Waals surface area contributed by atoms with E-state index < -0.39 is 29.8 Å². The van der Waals surface area contributed by atoms with Gasteiger partial charge in [0, 0.05) is 67.3 Å². The zero-order valence-corrected chi connectivity index (χ0v) is 25.0. The largest absolute Gasteiger partial charge is 0.350 e. The number of halogens is 3. The molecule has 0 aliphatic carbocycles. The Labute approximate surface area is 257 Å². The number of Topliss-reactive ketones (excluding diaryl/α,β-unsaturated/α-hetero) is 1. The molecule has 1 aromatic heterocycles. The number of rotatable bonds is 8. The molecule has 10 nitrogen and oxygen atoms in total. The van der Waals surface area contributed by atoms with E-state index >= 15 is 0 Å². The second-order valence-corrected chi connectivity index (χ2v) is 11.6. The Morgan fingerprint density at radius 3 is 2.55 bits per heavy atom. The van der Waals surface area contributed by atoms with Crippen molar-refractivity contribution in [1.29, 1.82) is 0 Å².